The lowest BCUT2D eigenvalue weighted by molar-refractivity contribution is -0.134. The van der Waals surface area contributed by atoms with E-state index in [1.807, 2.05) is 41.1 Å². The number of benzene rings is 2. The van der Waals surface area contributed by atoms with Crippen LogP contribution in [0.1, 0.15) is 37.8 Å². The second-order valence-electron chi connectivity index (χ2n) is 9.11. The Kier molecular flexibility index (Phi) is 7.30. The molecule has 4 rings (SSSR count). The SMILES string of the molecule is COCc1ccc2c(c1)c(OC(C)(C)C(=O)NCC1CCOCC1)nn2Cc1ccccc1. The van der Waals surface area contributed by atoms with Gasteiger partial charge in [-0.3, -0.25) is 9.48 Å². The summed E-state index contributed by atoms with van der Waals surface area (Å²) >= 11 is 0. The molecule has 1 fully saturated rings. The Hall–Kier alpha value is -2.90. The van der Waals surface area contributed by atoms with Crippen molar-refractivity contribution in [1.29, 1.82) is 0 Å². The number of nitrogens with one attached hydrogen (secondary N) is 1. The predicted octanol–water partition coefficient (Wildman–Crippen LogP) is 3.93. The highest BCUT2D eigenvalue weighted by Crippen LogP contribution is 2.30. The molecule has 0 saturated carbocycles. The van der Waals surface area contributed by atoms with Crippen LogP contribution in [0.25, 0.3) is 10.9 Å². The molecule has 1 amide bonds. The molecule has 0 unspecified atom stereocenters. The van der Waals surface area contributed by atoms with Crippen LogP contribution >= 0.6 is 0 Å². The van der Waals surface area contributed by atoms with Crippen molar-refractivity contribution in [3.05, 3.63) is 59.7 Å². The van der Waals surface area contributed by atoms with E-state index in [4.69, 9.17) is 19.3 Å². The number of fused-ring (bicyclic) bond motifs is 1. The van der Waals surface area contributed by atoms with Crippen LogP contribution in [0.2, 0.25) is 0 Å². The van der Waals surface area contributed by atoms with Gasteiger partial charge < -0.3 is 19.5 Å². The van der Waals surface area contributed by atoms with E-state index in [1.165, 1.54) is 0 Å². The highest BCUT2D eigenvalue weighted by molar-refractivity contribution is 5.88. The Morgan fingerprint density at radius 1 is 1.15 bits per heavy atom. The fraction of sp³-hybridized carbons (Fsp3) is 0.462. The minimum atomic E-state index is -1.07. The van der Waals surface area contributed by atoms with E-state index in [9.17, 15) is 4.79 Å². The number of nitrogens with zero attached hydrogens (tertiary/aromatic N) is 2. The van der Waals surface area contributed by atoms with Gasteiger partial charge in [0.25, 0.3) is 5.91 Å². The van der Waals surface area contributed by atoms with Crippen molar-refractivity contribution in [3.8, 4) is 5.88 Å². The van der Waals surface area contributed by atoms with Gasteiger partial charge in [0.2, 0.25) is 5.88 Å². The zero-order valence-electron chi connectivity index (χ0n) is 19.7. The summed E-state index contributed by atoms with van der Waals surface area (Å²) in [6.07, 6.45) is 1.94. The third kappa shape index (κ3) is 5.72. The van der Waals surface area contributed by atoms with Crippen molar-refractivity contribution >= 4 is 16.8 Å². The number of carbonyl (C=O) groups is 1. The molecule has 176 valence electrons. The molecule has 0 bridgehead atoms. The van der Waals surface area contributed by atoms with Gasteiger partial charge in [-0.2, -0.15) is 0 Å². The van der Waals surface area contributed by atoms with Crippen molar-refractivity contribution < 1.29 is 19.0 Å². The van der Waals surface area contributed by atoms with Crippen LogP contribution in [0.5, 0.6) is 5.88 Å². The maximum absolute atomic E-state index is 13.0. The van der Waals surface area contributed by atoms with Gasteiger partial charge in [-0.15, -0.1) is 5.10 Å². The van der Waals surface area contributed by atoms with E-state index in [0.717, 1.165) is 48.1 Å². The first kappa shape index (κ1) is 23.3. The van der Waals surface area contributed by atoms with E-state index in [1.54, 1.807) is 21.0 Å². The lowest BCUT2D eigenvalue weighted by Gasteiger charge is -2.27. The molecule has 1 aliphatic heterocycles. The minimum Gasteiger partial charge on any atom is -0.460 e. The molecule has 2 heterocycles. The molecule has 33 heavy (non-hydrogen) atoms. The Morgan fingerprint density at radius 2 is 1.91 bits per heavy atom. The molecule has 7 heteroatoms. The number of amides is 1. The summed E-state index contributed by atoms with van der Waals surface area (Å²) in [6, 6.07) is 16.3. The van der Waals surface area contributed by atoms with Crippen LogP contribution in [-0.2, 0) is 27.4 Å². The maximum atomic E-state index is 13.0. The molecular formula is C26H33N3O4. The van der Waals surface area contributed by atoms with Crippen molar-refractivity contribution in [3.63, 3.8) is 0 Å². The number of ether oxygens (including phenoxy) is 3. The lowest BCUT2D eigenvalue weighted by Crippen LogP contribution is -2.48. The Morgan fingerprint density at radius 3 is 2.64 bits per heavy atom. The zero-order chi connectivity index (χ0) is 23.3. The summed E-state index contributed by atoms with van der Waals surface area (Å²) in [5.74, 6) is 0.749. The third-order valence-electron chi connectivity index (χ3n) is 6.06. The second kappa shape index (κ2) is 10.4. The number of hydrogen-bond acceptors (Lipinski definition) is 5. The molecular weight excluding hydrogens is 418 g/mol. The summed E-state index contributed by atoms with van der Waals surface area (Å²) in [6.45, 7) is 6.83. The summed E-state index contributed by atoms with van der Waals surface area (Å²) in [7, 11) is 1.67. The van der Waals surface area contributed by atoms with Gasteiger partial charge in [0.05, 0.1) is 24.1 Å². The van der Waals surface area contributed by atoms with Crippen LogP contribution < -0.4 is 10.1 Å². The van der Waals surface area contributed by atoms with Crippen LogP contribution in [0.15, 0.2) is 48.5 Å². The van der Waals surface area contributed by atoms with E-state index in [2.05, 4.69) is 17.4 Å². The first-order valence-electron chi connectivity index (χ1n) is 11.5. The molecule has 7 nitrogen and oxygen atoms in total. The fourth-order valence-electron chi connectivity index (χ4n) is 4.09. The average Bonchev–Trinajstić information content (AvgIpc) is 3.14. The molecule has 0 aliphatic carbocycles. The second-order valence-corrected chi connectivity index (χ2v) is 9.11. The van der Waals surface area contributed by atoms with E-state index in [-0.39, 0.29) is 5.91 Å². The van der Waals surface area contributed by atoms with E-state index < -0.39 is 5.60 Å². The van der Waals surface area contributed by atoms with Gasteiger partial charge in [-0.05, 0) is 55.9 Å². The Balaban J connectivity index is 1.56. The molecule has 3 aromatic rings. The number of hydrogen-bond donors (Lipinski definition) is 1. The van der Waals surface area contributed by atoms with Crippen molar-refractivity contribution in [1.82, 2.24) is 15.1 Å². The first-order chi connectivity index (χ1) is 16.0. The van der Waals surface area contributed by atoms with Crippen molar-refractivity contribution in [2.45, 2.75) is 45.4 Å². The smallest absolute Gasteiger partial charge is 0.263 e. The Bertz CT molecular complexity index is 1070. The average molecular weight is 452 g/mol. The maximum Gasteiger partial charge on any atom is 0.263 e. The van der Waals surface area contributed by atoms with Gasteiger partial charge in [0.1, 0.15) is 0 Å². The molecule has 0 atom stereocenters. The lowest BCUT2D eigenvalue weighted by atomic mass is 10.00. The van der Waals surface area contributed by atoms with Gasteiger partial charge in [-0.1, -0.05) is 36.4 Å². The summed E-state index contributed by atoms with van der Waals surface area (Å²) in [5, 5.41) is 8.69. The minimum absolute atomic E-state index is 0.146. The number of carbonyl (C=O) groups excluding carboxylic acids is 1. The molecule has 1 aliphatic rings. The van der Waals surface area contributed by atoms with Crippen LogP contribution in [0.3, 0.4) is 0 Å². The summed E-state index contributed by atoms with van der Waals surface area (Å²) < 4.78 is 18.9. The largest absolute Gasteiger partial charge is 0.460 e. The van der Waals surface area contributed by atoms with Gasteiger partial charge in [0.15, 0.2) is 5.60 Å². The topological polar surface area (TPSA) is 74.6 Å². The molecule has 0 radical (unpaired) electrons. The standard InChI is InChI=1S/C26H33N3O4/c1-26(2,25(30)27-16-19-11-13-32-14-12-19)33-24-22-15-21(18-31-3)9-10-23(22)29(28-24)17-20-7-5-4-6-8-20/h4-10,15,19H,11-14,16-18H2,1-3H3,(H,27,30). The monoisotopic (exact) mass is 451 g/mol. The van der Waals surface area contributed by atoms with Gasteiger partial charge in [0, 0.05) is 26.9 Å². The highest BCUT2D eigenvalue weighted by Gasteiger charge is 2.32. The quantitative estimate of drug-likeness (QED) is 0.534. The number of methoxy groups -OCH3 is 1. The summed E-state index contributed by atoms with van der Waals surface area (Å²) in [5.41, 5.74) is 2.05. The van der Waals surface area contributed by atoms with E-state index in [0.29, 0.717) is 31.5 Å². The predicted molar refractivity (Wildman–Crippen MR) is 127 cm³/mol. The first-order valence-corrected chi connectivity index (χ1v) is 11.5. The molecule has 1 N–H and O–H groups in total. The number of rotatable bonds is 9. The number of aromatic nitrogens is 2. The van der Waals surface area contributed by atoms with Crippen LogP contribution in [0.4, 0.5) is 0 Å². The molecule has 1 aromatic heterocycles. The highest BCUT2D eigenvalue weighted by atomic mass is 16.5. The molecule has 2 aromatic carbocycles. The normalized spacial score (nSPS) is 15.0. The van der Waals surface area contributed by atoms with Gasteiger partial charge in [-0.25, -0.2) is 0 Å². The third-order valence-corrected chi connectivity index (χ3v) is 6.06. The van der Waals surface area contributed by atoms with Crippen molar-refractivity contribution in [2.75, 3.05) is 26.9 Å². The summed E-state index contributed by atoms with van der Waals surface area (Å²) in [4.78, 5) is 13.0. The molecule has 0 spiro atoms. The zero-order valence-corrected chi connectivity index (χ0v) is 19.7. The fourth-order valence-corrected chi connectivity index (χ4v) is 4.09. The van der Waals surface area contributed by atoms with Gasteiger partial charge >= 0.3 is 0 Å². The van der Waals surface area contributed by atoms with Crippen LogP contribution in [0, 0.1) is 5.92 Å². The van der Waals surface area contributed by atoms with E-state index >= 15 is 0 Å². The molecule has 1 saturated heterocycles. The van der Waals surface area contributed by atoms with Crippen molar-refractivity contribution in [2.24, 2.45) is 5.92 Å². The Labute approximate surface area is 195 Å². The van der Waals surface area contributed by atoms with Crippen LogP contribution in [-0.4, -0.2) is 48.2 Å².